The quantitative estimate of drug-likeness (QED) is 0.869. The summed E-state index contributed by atoms with van der Waals surface area (Å²) in [5.74, 6) is -1.18. The maximum absolute atomic E-state index is 13.2. The first kappa shape index (κ1) is 13.1. The van der Waals surface area contributed by atoms with Crippen molar-refractivity contribution in [1.29, 1.82) is 0 Å². The Labute approximate surface area is 109 Å². The van der Waals surface area contributed by atoms with Crippen molar-refractivity contribution in [3.8, 4) is 0 Å². The number of carbonyl (C=O) groups is 1. The molecule has 0 saturated carbocycles. The number of rotatable bonds is 5. The van der Waals surface area contributed by atoms with E-state index >= 15 is 0 Å². The molecule has 0 fully saturated rings. The van der Waals surface area contributed by atoms with Crippen molar-refractivity contribution in [1.82, 2.24) is 0 Å². The summed E-state index contributed by atoms with van der Waals surface area (Å²) < 4.78 is 18.5. The maximum atomic E-state index is 13.2. The molecule has 4 nitrogen and oxygen atoms in total. The summed E-state index contributed by atoms with van der Waals surface area (Å²) in [6, 6.07) is 7.66. The third kappa shape index (κ3) is 3.34. The van der Waals surface area contributed by atoms with E-state index in [1.807, 2.05) is 19.1 Å². The minimum atomic E-state index is -1.28. The first-order chi connectivity index (χ1) is 9.06. The van der Waals surface area contributed by atoms with E-state index in [-0.39, 0.29) is 11.6 Å². The van der Waals surface area contributed by atoms with E-state index in [4.69, 9.17) is 9.52 Å². The first-order valence-corrected chi connectivity index (χ1v) is 5.88. The lowest BCUT2D eigenvalue weighted by Gasteiger charge is -2.14. The number of furan rings is 1. The van der Waals surface area contributed by atoms with Gasteiger partial charge in [0.25, 0.3) is 0 Å². The van der Waals surface area contributed by atoms with Gasteiger partial charge in [0.2, 0.25) is 0 Å². The zero-order chi connectivity index (χ0) is 13.8. The molecule has 1 aromatic carbocycles. The van der Waals surface area contributed by atoms with Crippen LogP contribution >= 0.6 is 0 Å². The minimum absolute atomic E-state index is 0.0401. The lowest BCUT2D eigenvalue weighted by atomic mass is 10.1. The SMILES string of the molecule is CC(Cc1ccco1)Nc1ccc(F)c(C(=O)O)c1. The Hall–Kier alpha value is -2.30. The van der Waals surface area contributed by atoms with Crippen molar-refractivity contribution in [3.05, 3.63) is 53.7 Å². The number of benzene rings is 1. The van der Waals surface area contributed by atoms with Gasteiger partial charge in [0, 0.05) is 18.2 Å². The Morgan fingerprint density at radius 2 is 2.26 bits per heavy atom. The number of anilines is 1. The number of hydrogen-bond acceptors (Lipinski definition) is 3. The van der Waals surface area contributed by atoms with Gasteiger partial charge in [-0.3, -0.25) is 0 Å². The van der Waals surface area contributed by atoms with Crippen molar-refractivity contribution >= 4 is 11.7 Å². The Morgan fingerprint density at radius 1 is 1.47 bits per heavy atom. The average Bonchev–Trinajstić information content (AvgIpc) is 2.84. The van der Waals surface area contributed by atoms with Crippen LogP contribution in [0.4, 0.5) is 10.1 Å². The molecule has 0 spiro atoms. The standard InChI is InChI=1S/C14H14FNO3/c1-9(7-11-3-2-6-19-11)16-10-4-5-13(15)12(8-10)14(17)18/h2-6,8-9,16H,7H2,1H3,(H,17,18). The van der Waals surface area contributed by atoms with Crippen molar-refractivity contribution in [2.75, 3.05) is 5.32 Å². The summed E-state index contributed by atoms with van der Waals surface area (Å²) in [5, 5.41) is 12.0. The van der Waals surface area contributed by atoms with E-state index in [0.29, 0.717) is 12.1 Å². The van der Waals surface area contributed by atoms with E-state index in [1.165, 1.54) is 12.1 Å². The normalized spacial score (nSPS) is 12.1. The van der Waals surface area contributed by atoms with Crippen LogP contribution in [0, 0.1) is 5.82 Å². The van der Waals surface area contributed by atoms with Crippen LogP contribution < -0.4 is 5.32 Å². The summed E-state index contributed by atoms with van der Waals surface area (Å²) in [4.78, 5) is 10.8. The van der Waals surface area contributed by atoms with Crippen LogP contribution in [0.15, 0.2) is 41.0 Å². The van der Waals surface area contributed by atoms with Crippen LogP contribution in [0.2, 0.25) is 0 Å². The lowest BCUT2D eigenvalue weighted by molar-refractivity contribution is 0.0692. The van der Waals surface area contributed by atoms with E-state index in [9.17, 15) is 9.18 Å². The molecule has 2 aromatic rings. The van der Waals surface area contributed by atoms with Crippen LogP contribution in [-0.2, 0) is 6.42 Å². The molecule has 19 heavy (non-hydrogen) atoms. The molecule has 0 amide bonds. The molecule has 0 aliphatic carbocycles. The van der Waals surface area contributed by atoms with Gasteiger partial charge in [-0.15, -0.1) is 0 Å². The van der Waals surface area contributed by atoms with E-state index in [2.05, 4.69) is 5.32 Å². The van der Waals surface area contributed by atoms with Crippen LogP contribution in [0.5, 0.6) is 0 Å². The predicted molar refractivity (Wildman–Crippen MR) is 68.9 cm³/mol. The van der Waals surface area contributed by atoms with Crippen LogP contribution in [0.1, 0.15) is 23.0 Å². The molecule has 2 rings (SSSR count). The Bertz CT molecular complexity index is 566. The highest BCUT2D eigenvalue weighted by atomic mass is 19.1. The van der Waals surface area contributed by atoms with Gasteiger partial charge in [0.1, 0.15) is 11.6 Å². The predicted octanol–water partition coefficient (Wildman–Crippen LogP) is 3.16. The smallest absolute Gasteiger partial charge is 0.338 e. The Balaban J connectivity index is 2.06. The zero-order valence-corrected chi connectivity index (χ0v) is 10.4. The van der Waals surface area contributed by atoms with E-state index < -0.39 is 11.8 Å². The second-order valence-electron chi connectivity index (χ2n) is 4.33. The highest BCUT2D eigenvalue weighted by Gasteiger charge is 2.12. The number of hydrogen-bond donors (Lipinski definition) is 2. The van der Waals surface area contributed by atoms with Gasteiger partial charge in [-0.1, -0.05) is 0 Å². The number of nitrogens with one attached hydrogen (secondary N) is 1. The highest BCUT2D eigenvalue weighted by Crippen LogP contribution is 2.17. The summed E-state index contributed by atoms with van der Waals surface area (Å²) >= 11 is 0. The van der Waals surface area contributed by atoms with Gasteiger partial charge in [-0.25, -0.2) is 9.18 Å². The molecule has 1 aromatic heterocycles. The topological polar surface area (TPSA) is 62.5 Å². The fourth-order valence-corrected chi connectivity index (χ4v) is 1.85. The largest absolute Gasteiger partial charge is 0.478 e. The molecular formula is C14H14FNO3. The van der Waals surface area contributed by atoms with Crippen LogP contribution in [0.3, 0.4) is 0 Å². The monoisotopic (exact) mass is 263 g/mol. The number of carboxylic acid groups (broad SMARTS) is 1. The highest BCUT2D eigenvalue weighted by molar-refractivity contribution is 5.89. The van der Waals surface area contributed by atoms with Crippen molar-refractivity contribution in [2.45, 2.75) is 19.4 Å². The lowest BCUT2D eigenvalue weighted by Crippen LogP contribution is -2.18. The molecule has 1 atom stereocenters. The molecule has 0 bridgehead atoms. The summed E-state index contributed by atoms with van der Waals surface area (Å²) in [6.07, 6.45) is 2.26. The Morgan fingerprint density at radius 3 is 2.89 bits per heavy atom. The third-order valence-electron chi connectivity index (χ3n) is 2.70. The van der Waals surface area contributed by atoms with Gasteiger partial charge in [0.15, 0.2) is 0 Å². The fraction of sp³-hybridized carbons (Fsp3) is 0.214. The number of aromatic carboxylic acids is 1. The summed E-state index contributed by atoms with van der Waals surface area (Å²) in [5.41, 5.74) is 0.230. The van der Waals surface area contributed by atoms with Gasteiger partial charge < -0.3 is 14.8 Å². The van der Waals surface area contributed by atoms with Crippen molar-refractivity contribution in [2.24, 2.45) is 0 Å². The zero-order valence-electron chi connectivity index (χ0n) is 10.4. The second kappa shape index (κ2) is 5.56. The van der Waals surface area contributed by atoms with Gasteiger partial charge in [-0.2, -0.15) is 0 Å². The third-order valence-corrected chi connectivity index (χ3v) is 2.70. The van der Waals surface area contributed by atoms with Crippen LogP contribution in [-0.4, -0.2) is 17.1 Å². The van der Waals surface area contributed by atoms with E-state index in [0.717, 1.165) is 11.8 Å². The van der Waals surface area contributed by atoms with Gasteiger partial charge >= 0.3 is 5.97 Å². The maximum Gasteiger partial charge on any atom is 0.338 e. The first-order valence-electron chi connectivity index (χ1n) is 5.88. The van der Waals surface area contributed by atoms with Gasteiger partial charge in [0.05, 0.1) is 11.8 Å². The molecule has 0 aliphatic rings. The molecule has 0 saturated heterocycles. The Kier molecular flexibility index (Phi) is 3.85. The summed E-state index contributed by atoms with van der Waals surface area (Å²) in [6.45, 7) is 1.94. The second-order valence-corrected chi connectivity index (χ2v) is 4.33. The molecule has 2 N–H and O–H groups in total. The minimum Gasteiger partial charge on any atom is -0.478 e. The molecule has 0 aliphatic heterocycles. The molecule has 5 heteroatoms. The average molecular weight is 263 g/mol. The molecular weight excluding hydrogens is 249 g/mol. The molecule has 0 radical (unpaired) electrons. The van der Waals surface area contributed by atoms with Crippen molar-refractivity contribution in [3.63, 3.8) is 0 Å². The number of carboxylic acids is 1. The molecule has 1 heterocycles. The van der Waals surface area contributed by atoms with Crippen LogP contribution in [0.25, 0.3) is 0 Å². The van der Waals surface area contributed by atoms with E-state index in [1.54, 1.807) is 6.26 Å². The van der Waals surface area contributed by atoms with Crippen molar-refractivity contribution < 1.29 is 18.7 Å². The number of halogens is 1. The molecule has 1 unspecified atom stereocenters. The molecule has 100 valence electrons. The summed E-state index contributed by atoms with van der Waals surface area (Å²) in [7, 11) is 0. The van der Waals surface area contributed by atoms with Gasteiger partial charge in [-0.05, 0) is 37.3 Å². The fourth-order valence-electron chi connectivity index (χ4n) is 1.85.